The van der Waals surface area contributed by atoms with E-state index in [1.807, 2.05) is 0 Å². The number of hydrogen-bond donors (Lipinski definition) is 4. The summed E-state index contributed by atoms with van der Waals surface area (Å²) in [5, 5.41) is 12.8. The first-order chi connectivity index (χ1) is 8.84. The Labute approximate surface area is 112 Å². The van der Waals surface area contributed by atoms with E-state index in [9.17, 15) is 5.11 Å². The number of methoxy groups -OCH3 is 1. The van der Waals surface area contributed by atoms with Gasteiger partial charge in [-0.25, -0.2) is 5.84 Å². The average Bonchev–Trinajstić information content (AvgIpc) is 2.33. The van der Waals surface area contributed by atoms with Crippen LogP contribution < -0.4 is 21.3 Å². The van der Waals surface area contributed by atoms with Crippen molar-refractivity contribution in [2.24, 2.45) is 11.3 Å². The zero-order valence-corrected chi connectivity index (χ0v) is 11.8. The molecule has 0 spiro atoms. The molecule has 1 aromatic rings. The summed E-state index contributed by atoms with van der Waals surface area (Å²) in [6, 6.07) is 0.149. The Morgan fingerprint density at radius 2 is 1.89 bits per heavy atom. The molecule has 5 N–H and O–H groups in total. The van der Waals surface area contributed by atoms with E-state index in [1.165, 1.54) is 7.11 Å². The summed E-state index contributed by atoms with van der Waals surface area (Å²) in [7, 11) is 1.45. The van der Waals surface area contributed by atoms with Gasteiger partial charge in [0.15, 0.2) is 0 Å². The second-order valence-electron chi connectivity index (χ2n) is 5.41. The van der Waals surface area contributed by atoms with E-state index in [0.29, 0.717) is 18.9 Å². The number of hydrazine groups is 1. The third-order valence-corrected chi connectivity index (χ3v) is 2.27. The predicted octanol–water partition coefficient (Wildman–Crippen LogP) is 0.375. The van der Waals surface area contributed by atoms with E-state index >= 15 is 0 Å². The van der Waals surface area contributed by atoms with Gasteiger partial charge < -0.3 is 15.2 Å². The maximum atomic E-state index is 9.89. The summed E-state index contributed by atoms with van der Waals surface area (Å²) >= 11 is 0. The third kappa shape index (κ3) is 5.66. The van der Waals surface area contributed by atoms with Crippen LogP contribution in [0.1, 0.15) is 27.2 Å². The van der Waals surface area contributed by atoms with Gasteiger partial charge in [0, 0.05) is 6.54 Å². The number of nitrogens with two attached hydrogens (primary N) is 1. The molecule has 0 aliphatic heterocycles. The molecule has 0 saturated carbocycles. The molecule has 8 nitrogen and oxygen atoms in total. The Morgan fingerprint density at radius 3 is 2.42 bits per heavy atom. The summed E-state index contributed by atoms with van der Waals surface area (Å²) in [4.78, 5) is 11.9. The molecule has 108 valence electrons. The van der Waals surface area contributed by atoms with E-state index in [4.69, 9.17) is 10.6 Å². The maximum Gasteiger partial charge on any atom is 0.322 e. The van der Waals surface area contributed by atoms with Crippen molar-refractivity contribution in [2.75, 3.05) is 24.4 Å². The largest absolute Gasteiger partial charge is 0.467 e. The quantitative estimate of drug-likeness (QED) is 0.432. The first-order valence-corrected chi connectivity index (χ1v) is 6.02. The van der Waals surface area contributed by atoms with Gasteiger partial charge in [0.1, 0.15) is 0 Å². The number of hydrogen-bond acceptors (Lipinski definition) is 8. The second-order valence-corrected chi connectivity index (χ2v) is 5.41. The van der Waals surface area contributed by atoms with Crippen molar-refractivity contribution in [1.82, 2.24) is 15.0 Å². The molecular formula is C11H22N6O2. The highest BCUT2D eigenvalue weighted by molar-refractivity contribution is 5.34. The third-order valence-electron chi connectivity index (χ3n) is 2.27. The van der Waals surface area contributed by atoms with Crippen LogP contribution in [0.25, 0.3) is 0 Å². The molecular weight excluding hydrogens is 248 g/mol. The first kappa shape index (κ1) is 15.4. The van der Waals surface area contributed by atoms with Crippen molar-refractivity contribution in [3.05, 3.63) is 0 Å². The summed E-state index contributed by atoms with van der Waals surface area (Å²) in [6.45, 7) is 6.55. The summed E-state index contributed by atoms with van der Waals surface area (Å²) in [6.07, 6.45) is 0.182. The predicted molar refractivity (Wildman–Crippen MR) is 72.8 cm³/mol. The molecule has 0 saturated heterocycles. The fraction of sp³-hybridized carbons (Fsp3) is 0.727. The summed E-state index contributed by atoms with van der Waals surface area (Å²) < 4.78 is 4.92. The second kappa shape index (κ2) is 6.48. The zero-order chi connectivity index (χ0) is 14.5. The lowest BCUT2D eigenvalue weighted by Gasteiger charge is -2.22. The highest BCUT2D eigenvalue weighted by Gasteiger charge is 2.17. The number of nitrogens with zero attached hydrogens (tertiary/aromatic N) is 3. The van der Waals surface area contributed by atoms with Gasteiger partial charge in [-0.05, 0) is 11.8 Å². The Morgan fingerprint density at radius 1 is 1.26 bits per heavy atom. The number of aliphatic hydroxyl groups excluding tert-OH is 1. The maximum absolute atomic E-state index is 9.89. The lowest BCUT2D eigenvalue weighted by Crippen LogP contribution is -2.26. The highest BCUT2D eigenvalue weighted by atomic mass is 16.5. The van der Waals surface area contributed by atoms with Gasteiger partial charge in [0.25, 0.3) is 0 Å². The molecule has 1 atom stereocenters. The van der Waals surface area contributed by atoms with Crippen molar-refractivity contribution >= 4 is 11.9 Å². The molecule has 0 bridgehead atoms. The Hall–Kier alpha value is -1.67. The van der Waals surface area contributed by atoms with E-state index in [-0.39, 0.29) is 17.4 Å². The van der Waals surface area contributed by atoms with Gasteiger partial charge in [-0.2, -0.15) is 15.0 Å². The van der Waals surface area contributed by atoms with Crippen molar-refractivity contribution in [3.63, 3.8) is 0 Å². The number of aromatic nitrogens is 3. The SMILES string of the molecule is COc1nc(NN)nc(NCC(O)CC(C)(C)C)n1. The molecule has 1 heterocycles. The van der Waals surface area contributed by atoms with Crippen LogP contribution in [0.3, 0.4) is 0 Å². The standard InChI is InChI=1S/C11H22N6O2/c1-11(2,3)5-7(18)6-13-8-14-9(17-12)16-10(15-8)19-4/h7,18H,5-6,12H2,1-4H3,(H2,13,14,15,16,17). The number of rotatable bonds is 6. The number of nitrogen functional groups attached to an aromatic ring is 1. The fourth-order valence-electron chi connectivity index (χ4n) is 1.58. The Kier molecular flexibility index (Phi) is 5.25. The van der Waals surface area contributed by atoms with Crippen molar-refractivity contribution in [2.45, 2.75) is 33.3 Å². The van der Waals surface area contributed by atoms with E-state index in [0.717, 1.165) is 0 Å². The lowest BCUT2D eigenvalue weighted by atomic mass is 9.89. The van der Waals surface area contributed by atoms with Gasteiger partial charge in [0.05, 0.1) is 13.2 Å². The van der Waals surface area contributed by atoms with Crippen LogP contribution in [-0.4, -0.2) is 39.8 Å². The van der Waals surface area contributed by atoms with Gasteiger partial charge in [-0.1, -0.05) is 20.8 Å². The number of nitrogens with one attached hydrogen (secondary N) is 2. The van der Waals surface area contributed by atoms with Crippen LogP contribution in [0.2, 0.25) is 0 Å². The van der Waals surface area contributed by atoms with Crippen LogP contribution in [0, 0.1) is 5.41 Å². The van der Waals surface area contributed by atoms with E-state index in [2.05, 4.69) is 46.5 Å². The molecule has 0 fully saturated rings. The normalized spacial score (nSPS) is 12.9. The molecule has 8 heteroatoms. The van der Waals surface area contributed by atoms with Crippen LogP contribution in [0.5, 0.6) is 6.01 Å². The topological polar surface area (TPSA) is 118 Å². The van der Waals surface area contributed by atoms with E-state index < -0.39 is 6.10 Å². The summed E-state index contributed by atoms with van der Waals surface area (Å²) in [5.41, 5.74) is 2.38. The fourth-order valence-corrected chi connectivity index (χ4v) is 1.58. The Balaban J connectivity index is 2.62. The van der Waals surface area contributed by atoms with Crippen molar-refractivity contribution in [1.29, 1.82) is 0 Å². The molecule has 19 heavy (non-hydrogen) atoms. The average molecular weight is 270 g/mol. The molecule has 0 aromatic carbocycles. The highest BCUT2D eigenvalue weighted by Crippen LogP contribution is 2.20. The van der Waals surface area contributed by atoms with Gasteiger partial charge in [-0.15, -0.1) is 0 Å². The molecule has 1 unspecified atom stereocenters. The number of aliphatic hydroxyl groups is 1. The Bertz CT molecular complexity index is 384. The molecule has 0 amide bonds. The van der Waals surface area contributed by atoms with Crippen molar-refractivity contribution in [3.8, 4) is 6.01 Å². The molecule has 1 aromatic heterocycles. The minimum atomic E-state index is -0.489. The van der Waals surface area contributed by atoms with Gasteiger partial charge in [-0.3, -0.25) is 5.43 Å². The molecule has 0 radical (unpaired) electrons. The summed E-state index contributed by atoms with van der Waals surface area (Å²) in [5.74, 6) is 5.74. The van der Waals surface area contributed by atoms with Crippen molar-refractivity contribution < 1.29 is 9.84 Å². The number of anilines is 2. The van der Waals surface area contributed by atoms with E-state index in [1.54, 1.807) is 0 Å². The smallest absolute Gasteiger partial charge is 0.322 e. The lowest BCUT2D eigenvalue weighted by molar-refractivity contribution is 0.132. The van der Waals surface area contributed by atoms with Crippen LogP contribution >= 0.6 is 0 Å². The van der Waals surface area contributed by atoms with Crippen LogP contribution in [-0.2, 0) is 0 Å². The van der Waals surface area contributed by atoms with Gasteiger partial charge >= 0.3 is 6.01 Å². The minimum absolute atomic E-state index is 0.0574. The zero-order valence-electron chi connectivity index (χ0n) is 11.8. The molecule has 0 aliphatic carbocycles. The first-order valence-electron chi connectivity index (χ1n) is 6.02. The molecule has 0 aliphatic rings. The monoisotopic (exact) mass is 270 g/mol. The van der Waals surface area contributed by atoms with Gasteiger partial charge in [0.2, 0.25) is 11.9 Å². The van der Waals surface area contributed by atoms with Crippen LogP contribution in [0.4, 0.5) is 11.9 Å². The van der Waals surface area contributed by atoms with Crippen LogP contribution in [0.15, 0.2) is 0 Å². The minimum Gasteiger partial charge on any atom is -0.467 e. The number of ether oxygens (including phenoxy) is 1. The molecule has 1 rings (SSSR count).